The fraction of sp³-hybridized carbons (Fsp3) is 0.286. The average Bonchev–Trinajstić information content (AvgIpc) is 2.56. The van der Waals surface area contributed by atoms with Gasteiger partial charge in [0.25, 0.3) is 0 Å². The van der Waals surface area contributed by atoms with Gasteiger partial charge in [0.1, 0.15) is 6.17 Å². The molecule has 0 aliphatic heterocycles. The third-order valence-electron chi connectivity index (χ3n) is 3.35. The molecule has 0 aromatic rings. The summed E-state index contributed by atoms with van der Waals surface area (Å²) >= 11 is 0. The van der Waals surface area contributed by atoms with Crippen molar-refractivity contribution >= 4 is 6.21 Å². The van der Waals surface area contributed by atoms with Gasteiger partial charge in [0.05, 0.1) is 0 Å². The molecule has 0 aromatic carbocycles. The van der Waals surface area contributed by atoms with Gasteiger partial charge in [0.15, 0.2) is 0 Å². The Kier molecular flexibility index (Phi) is 11.0. The van der Waals surface area contributed by atoms with Gasteiger partial charge in [-0.05, 0) is 43.2 Å². The molecule has 2 nitrogen and oxygen atoms in total. The number of allylic oxidation sites excluding steroid dienone is 5. The molecule has 0 bridgehead atoms. The number of rotatable bonds is 13. The number of aliphatic imine (C=N–C) groups is 1. The molecule has 1 atom stereocenters. The van der Waals surface area contributed by atoms with E-state index in [1.807, 2.05) is 23.3 Å². The van der Waals surface area contributed by atoms with Crippen LogP contribution in [0.3, 0.4) is 0 Å². The van der Waals surface area contributed by atoms with Crippen LogP contribution in [0.5, 0.6) is 0 Å². The third kappa shape index (κ3) is 7.46. The van der Waals surface area contributed by atoms with Crippen LogP contribution in [0, 0.1) is 0 Å². The molecule has 2 heteroatoms. The minimum atomic E-state index is -0.121. The van der Waals surface area contributed by atoms with Crippen molar-refractivity contribution in [1.82, 2.24) is 4.90 Å². The maximum absolute atomic E-state index is 4.65. The SMILES string of the molecule is C=C/C=C(\C=C)N(C=C)C(CC(=C)C(=C)CCC=C)/N=C/CC. The summed E-state index contributed by atoms with van der Waals surface area (Å²) in [7, 11) is 0. The van der Waals surface area contributed by atoms with Gasteiger partial charge in [-0.25, -0.2) is 0 Å². The minimum absolute atomic E-state index is 0.121. The highest BCUT2D eigenvalue weighted by Gasteiger charge is 2.17. The van der Waals surface area contributed by atoms with E-state index in [-0.39, 0.29) is 6.17 Å². The molecule has 124 valence electrons. The molecule has 1 unspecified atom stereocenters. The van der Waals surface area contributed by atoms with E-state index >= 15 is 0 Å². The Morgan fingerprint density at radius 3 is 2.30 bits per heavy atom. The van der Waals surface area contributed by atoms with Gasteiger partial charge in [0, 0.05) is 18.3 Å². The quantitative estimate of drug-likeness (QED) is 0.233. The topological polar surface area (TPSA) is 15.6 Å². The Labute approximate surface area is 142 Å². The zero-order chi connectivity index (χ0) is 17.7. The molecule has 0 radical (unpaired) electrons. The van der Waals surface area contributed by atoms with E-state index in [4.69, 9.17) is 0 Å². The standard InChI is InChI=1S/C21H30N2/c1-8-13-15-18(6)19(7)17-21(22-16-10-3)23(12-5)20(11-4)14-9-2/h8-9,11-12,14,16,21H,1-2,4-7,10,13,15,17H2,3H3/b20-14+,22-16+. The van der Waals surface area contributed by atoms with Gasteiger partial charge in [-0.1, -0.05) is 57.5 Å². The molecular formula is C21H30N2. The Hall–Kier alpha value is -2.35. The molecule has 0 amide bonds. The van der Waals surface area contributed by atoms with Crippen LogP contribution >= 0.6 is 0 Å². The second-order valence-corrected chi connectivity index (χ2v) is 5.08. The normalized spacial score (nSPS) is 12.5. The first kappa shape index (κ1) is 20.7. The molecule has 0 spiro atoms. The lowest BCUT2D eigenvalue weighted by molar-refractivity contribution is 0.356. The molecule has 0 heterocycles. The number of nitrogens with zero attached hydrogens (tertiary/aromatic N) is 2. The lowest BCUT2D eigenvalue weighted by Crippen LogP contribution is -2.28. The first-order valence-electron chi connectivity index (χ1n) is 7.90. The fourth-order valence-corrected chi connectivity index (χ4v) is 2.05. The summed E-state index contributed by atoms with van der Waals surface area (Å²) in [4.78, 5) is 6.63. The van der Waals surface area contributed by atoms with E-state index in [1.54, 1.807) is 18.4 Å². The largest absolute Gasteiger partial charge is 0.326 e. The molecule has 0 aliphatic rings. The summed E-state index contributed by atoms with van der Waals surface area (Å²) < 4.78 is 0. The molecule has 0 fully saturated rings. The molecular weight excluding hydrogens is 280 g/mol. The highest BCUT2D eigenvalue weighted by molar-refractivity contribution is 5.57. The Morgan fingerprint density at radius 1 is 1.13 bits per heavy atom. The third-order valence-corrected chi connectivity index (χ3v) is 3.35. The second-order valence-electron chi connectivity index (χ2n) is 5.08. The van der Waals surface area contributed by atoms with Crippen molar-refractivity contribution in [3.05, 3.63) is 86.8 Å². The Balaban J connectivity index is 5.33. The van der Waals surface area contributed by atoms with Crippen molar-refractivity contribution in [2.45, 2.75) is 38.8 Å². The van der Waals surface area contributed by atoms with E-state index in [1.165, 1.54) is 0 Å². The van der Waals surface area contributed by atoms with E-state index in [0.29, 0.717) is 6.42 Å². The van der Waals surface area contributed by atoms with E-state index < -0.39 is 0 Å². The fourth-order valence-electron chi connectivity index (χ4n) is 2.05. The van der Waals surface area contributed by atoms with Crippen LogP contribution in [0.25, 0.3) is 0 Å². The first-order valence-corrected chi connectivity index (χ1v) is 7.90. The van der Waals surface area contributed by atoms with Gasteiger partial charge in [-0.2, -0.15) is 0 Å². The predicted octanol–water partition coefficient (Wildman–Crippen LogP) is 5.96. The highest BCUT2D eigenvalue weighted by Crippen LogP contribution is 2.23. The molecule has 0 saturated heterocycles. The molecule has 0 aromatic heterocycles. The Bertz CT molecular complexity index is 506. The Morgan fingerprint density at radius 2 is 1.83 bits per heavy atom. The van der Waals surface area contributed by atoms with E-state index in [9.17, 15) is 0 Å². The molecule has 0 saturated carbocycles. The van der Waals surface area contributed by atoms with Crippen LogP contribution in [-0.4, -0.2) is 17.3 Å². The zero-order valence-electron chi connectivity index (χ0n) is 14.5. The van der Waals surface area contributed by atoms with E-state index in [2.05, 4.69) is 51.4 Å². The maximum atomic E-state index is 4.65. The molecule has 0 rings (SSSR count). The van der Waals surface area contributed by atoms with E-state index in [0.717, 1.165) is 36.1 Å². The van der Waals surface area contributed by atoms with Gasteiger partial charge in [-0.15, -0.1) is 6.58 Å². The summed E-state index contributed by atoms with van der Waals surface area (Å²) in [5, 5.41) is 0. The van der Waals surface area contributed by atoms with Crippen molar-refractivity contribution in [1.29, 1.82) is 0 Å². The van der Waals surface area contributed by atoms with Crippen LogP contribution < -0.4 is 0 Å². The molecule has 23 heavy (non-hydrogen) atoms. The lowest BCUT2D eigenvalue weighted by Gasteiger charge is -2.29. The smallest absolute Gasteiger partial charge is 0.128 e. The number of hydrogen-bond donors (Lipinski definition) is 0. The summed E-state index contributed by atoms with van der Waals surface area (Å²) in [5.74, 6) is 0. The second kappa shape index (κ2) is 12.2. The van der Waals surface area contributed by atoms with Crippen LogP contribution in [-0.2, 0) is 0 Å². The number of hydrogen-bond acceptors (Lipinski definition) is 2. The summed E-state index contributed by atoms with van der Waals surface area (Å²) in [6.45, 7) is 25.6. The van der Waals surface area contributed by atoms with Crippen LogP contribution in [0.4, 0.5) is 0 Å². The van der Waals surface area contributed by atoms with Crippen LogP contribution in [0.15, 0.2) is 91.8 Å². The minimum Gasteiger partial charge on any atom is -0.326 e. The van der Waals surface area contributed by atoms with Crippen LogP contribution in [0.2, 0.25) is 0 Å². The zero-order valence-corrected chi connectivity index (χ0v) is 14.5. The van der Waals surface area contributed by atoms with Gasteiger partial charge in [-0.3, -0.25) is 4.99 Å². The van der Waals surface area contributed by atoms with Crippen molar-refractivity contribution in [3.8, 4) is 0 Å². The predicted molar refractivity (Wildman–Crippen MR) is 105 cm³/mol. The van der Waals surface area contributed by atoms with Crippen LogP contribution in [0.1, 0.15) is 32.6 Å². The average molecular weight is 310 g/mol. The van der Waals surface area contributed by atoms with Gasteiger partial charge in [0.2, 0.25) is 0 Å². The summed E-state index contributed by atoms with van der Waals surface area (Å²) in [6, 6.07) is 0. The summed E-state index contributed by atoms with van der Waals surface area (Å²) in [5.41, 5.74) is 2.94. The van der Waals surface area contributed by atoms with Gasteiger partial charge < -0.3 is 4.90 Å². The highest BCUT2D eigenvalue weighted by atomic mass is 15.2. The first-order chi connectivity index (χ1) is 11.0. The lowest BCUT2D eigenvalue weighted by atomic mass is 10.00. The molecule has 0 aliphatic carbocycles. The van der Waals surface area contributed by atoms with Crippen molar-refractivity contribution < 1.29 is 0 Å². The van der Waals surface area contributed by atoms with Crippen molar-refractivity contribution in [3.63, 3.8) is 0 Å². The summed E-state index contributed by atoms with van der Waals surface area (Å²) in [6.07, 6.45) is 14.2. The monoisotopic (exact) mass is 310 g/mol. The van der Waals surface area contributed by atoms with Gasteiger partial charge >= 0.3 is 0 Å². The van der Waals surface area contributed by atoms with Crippen molar-refractivity contribution in [2.24, 2.45) is 4.99 Å². The maximum Gasteiger partial charge on any atom is 0.128 e. The van der Waals surface area contributed by atoms with Crippen molar-refractivity contribution in [2.75, 3.05) is 0 Å². The molecule has 0 N–H and O–H groups in total.